The van der Waals surface area contributed by atoms with E-state index in [0.717, 1.165) is 50.3 Å². The van der Waals surface area contributed by atoms with Crippen molar-refractivity contribution in [3.05, 3.63) is 34.9 Å². The maximum atomic E-state index is 12.6. The van der Waals surface area contributed by atoms with Crippen LogP contribution in [0.3, 0.4) is 0 Å². The van der Waals surface area contributed by atoms with E-state index in [1.54, 1.807) is 0 Å². The highest BCUT2D eigenvalue weighted by molar-refractivity contribution is 14.0. The van der Waals surface area contributed by atoms with Crippen molar-refractivity contribution in [3.63, 3.8) is 0 Å². The van der Waals surface area contributed by atoms with E-state index in [4.69, 9.17) is 11.6 Å². The van der Waals surface area contributed by atoms with Crippen molar-refractivity contribution in [2.75, 3.05) is 52.9 Å². The summed E-state index contributed by atoms with van der Waals surface area (Å²) in [5, 5.41) is 4.26. The van der Waals surface area contributed by atoms with Crippen LogP contribution >= 0.6 is 35.6 Å². The van der Waals surface area contributed by atoms with E-state index in [0.29, 0.717) is 17.4 Å². The van der Waals surface area contributed by atoms with Crippen LogP contribution in [-0.4, -0.2) is 85.5 Å². The number of halogens is 2. The minimum atomic E-state index is 0. The predicted molar refractivity (Wildman–Crippen MR) is 133 cm³/mol. The summed E-state index contributed by atoms with van der Waals surface area (Å²) in [6.45, 7) is 6.57. The fourth-order valence-electron chi connectivity index (χ4n) is 4.47. The largest absolute Gasteiger partial charge is 0.356 e. The summed E-state index contributed by atoms with van der Waals surface area (Å²) in [5.74, 6) is 1.85. The number of carbonyl (C=O) groups excluding carboxylic acids is 1. The number of amides is 1. The molecule has 30 heavy (non-hydrogen) atoms. The summed E-state index contributed by atoms with van der Waals surface area (Å²) in [6, 6.07) is 8.43. The maximum absolute atomic E-state index is 12.6. The fraction of sp³-hybridized carbons (Fsp3) is 0.636. The first-order chi connectivity index (χ1) is 14.1. The van der Waals surface area contributed by atoms with E-state index in [1.807, 2.05) is 36.2 Å². The van der Waals surface area contributed by atoms with Crippen LogP contribution in [0.25, 0.3) is 0 Å². The molecule has 2 aliphatic heterocycles. The van der Waals surface area contributed by atoms with Gasteiger partial charge in [0.15, 0.2) is 5.96 Å². The Morgan fingerprint density at radius 1 is 1.13 bits per heavy atom. The van der Waals surface area contributed by atoms with Gasteiger partial charge in [-0.2, -0.15) is 0 Å². The number of hydrogen-bond donors (Lipinski definition) is 1. The lowest BCUT2D eigenvalue weighted by Crippen LogP contribution is -2.54. The fourth-order valence-corrected chi connectivity index (χ4v) is 4.68. The summed E-state index contributed by atoms with van der Waals surface area (Å²) in [7, 11) is 1.85. The predicted octanol–water partition coefficient (Wildman–Crippen LogP) is 2.70. The van der Waals surface area contributed by atoms with E-state index in [9.17, 15) is 4.79 Å². The smallest absolute Gasteiger partial charge is 0.227 e. The van der Waals surface area contributed by atoms with Crippen LogP contribution in [0.5, 0.6) is 0 Å². The summed E-state index contributed by atoms with van der Waals surface area (Å²) in [4.78, 5) is 24.0. The molecule has 1 unspecified atom stereocenters. The van der Waals surface area contributed by atoms with Crippen molar-refractivity contribution >= 4 is 47.4 Å². The Bertz CT molecular complexity index is 749. The molecule has 1 aromatic rings. The molecular weight excluding hydrogens is 513 g/mol. The first-order valence-corrected chi connectivity index (χ1v) is 11.2. The van der Waals surface area contributed by atoms with Gasteiger partial charge >= 0.3 is 0 Å². The Labute approximate surface area is 202 Å². The monoisotopic (exact) mass is 545 g/mol. The summed E-state index contributed by atoms with van der Waals surface area (Å²) in [6.07, 6.45) is 4.48. The second kappa shape index (κ2) is 11.0. The molecule has 0 aromatic heterocycles. The molecule has 1 N–H and O–H groups in total. The Hall–Kier alpha value is -1.06. The molecule has 1 aromatic carbocycles. The number of carbonyl (C=O) groups is 1. The van der Waals surface area contributed by atoms with E-state index < -0.39 is 0 Å². The number of piperazine rings is 1. The zero-order valence-electron chi connectivity index (χ0n) is 17.7. The van der Waals surface area contributed by atoms with Gasteiger partial charge in [-0.05, 0) is 49.4 Å². The molecule has 6 nitrogen and oxygen atoms in total. The van der Waals surface area contributed by atoms with Gasteiger partial charge in [-0.25, -0.2) is 0 Å². The molecule has 0 bridgehead atoms. The molecule has 8 heteroatoms. The summed E-state index contributed by atoms with van der Waals surface area (Å²) < 4.78 is 0. The number of nitrogens with zero attached hydrogens (tertiary/aromatic N) is 4. The molecule has 4 rings (SSSR count). The van der Waals surface area contributed by atoms with Gasteiger partial charge in [0.05, 0.1) is 6.42 Å². The lowest BCUT2D eigenvalue weighted by molar-refractivity contribution is -0.131. The number of hydrogen-bond acceptors (Lipinski definition) is 3. The van der Waals surface area contributed by atoms with Crippen LogP contribution < -0.4 is 5.32 Å². The van der Waals surface area contributed by atoms with Crippen LogP contribution in [-0.2, 0) is 11.2 Å². The Morgan fingerprint density at radius 2 is 1.87 bits per heavy atom. The minimum absolute atomic E-state index is 0. The van der Waals surface area contributed by atoms with Gasteiger partial charge in [0.25, 0.3) is 0 Å². The van der Waals surface area contributed by atoms with Gasteiger partial charge in [0, 0.05) is 57.4 Å². The van der Waals surface area contributed by atoms with Crippen molar-refractivity contribution in [2.24, 2.45) is 10.9 Å². The van der Waals surface area contributed by atoms with Crippen molar-refractivity contribution in [3.8, 4) is 0 Å². The lowest BCUT2D eigenvalue weighted by atomic mass is 10.1. The summed E-state index contributed by atoms with van der Waals surface area (Å²) in [5.41, 5.74) is 0.971. The van der Waals surface area contributed by atoms with Crippen molar-refractivity contribution < 1.29 is 4.79 Å². The van der Waals surface area contributed by atoms with E-state index in [-0.39, 0.29) is 29.9 Å². The third kappa shape index (κ3) is 6.23. The van der Waals surface area contributed by atoms with Crippen LogP contribution in [0.15, 0.2) is 29.3 Å². The highest BCUT2D eigenvalue weighted by Crippen LogP contribution is 2.31. The van der Waals surface area contributed by atoms with Gasteiger partial charge in [0.2, 0.25) is 5.91 Å². The normalized spacial score (nSPS) is 22.7. The number of aliphatic imine (C=N–C) groups is 1. The molecule has 166 valence electrons. The average Bonchev–Trinajstić information content (AvgIpc) is 3.47. The first kappa shape index (κ1) is 23.6. The molecule has 1 atom stereocenters. The average molecular weight is 546 g/mol. The molecule has 3 fully saturated rings. The van der Waals surface area contributed by atoms with E-state index >= 15 is 0 Å². The molecule has 0 radical (unpaired) electrons. The quantitative estimate of drug-likeness (QED) is 0.351. The van der Waals surface area contributed by atoms with Crippen LogP contribution in [0.1, 0.15) is 24.8 Å². The Balaban J connectivity index is 0.00000256. The van der Waals surface area contributed by atoms with Crippen molar-refractivity contribution in [2.45, 2.75) is 31.7 Å². The third-order valence-corrected chi connectivity index (χ3v) is 6.55. The van der Waals surface area contributed by atoms with E-state index in [1.165, 1.54) is 32.4 Å². The second-order valence-electron chi connectivity index (χ2n) is 8.48. The standard InChI is InChI=1S/C22H32ClN5O.HI/c1-24-22(25-15-18-7-8-28(16-18)20-5-6-20)27-11-9-26(10-12-27)21(29)14-17-3-2-4-19(23)13-17;/h2-4,13,18,20H,5-12,14-16H2,1H3,(H,24,25);1H. The van der Waals surface area contributed by atoms with Gasteiger partial charge < -0.3 is 20.0 Å². The zero-order chi connectivity index (χ0) is 20.2. The number of likely N-dealkylation sites (tertiary alicyclic amines) is 1. The molecule has 1 saturated carbocycles. The molecule has 2 saturated heterocycles. The van der Waals surface area contributed by atoms with Crippen molar-refractivity contribution in [1.82, 2.24) is 20.0 Å². The Kier molecular flexibility index (Phi) is 8.65. The van der Waals surface area contributed by atoms with Crippen LogP contribution in [0, 0.1) is 5.92 Å². The van der Waals surface area contributed by atoms with Gasteiger partial charge in [0.1, 0.15) is 0 Å². The Morgan fingerprint density at radius 3 is 2.53 bits per heavy atom. The number of rotatable bonds is 5. The number of nitrogens with one attached hydrogen (secondary N) is 1. The number of benzene rings is 1. The molecule has 2 heterocycles. The van der Waals surface area contributed by atoms with Gasteiger partial charge in [-0.1, -0.05) is 23.7 Å². The second-order valence-corrected chi connectivity index (χ2v) is 8.92. The maximum Gasteiger partial charge on any atom is 0.227 e. The molecular formula is C22H33ClIN5O. The van der Waals surface area contributed by atoms with Crippen LogP contribution in [0.2, 0.25) is 5.02 Å². The van der Waals surface area contributed by atoms with Crippen LogP contribution in [0.4, 0.5) is 0 Å². The first-order valence-electron chi connectivity index (χ1n) is 10.8. The van der Waals surface area contributed by atoms with Crippen molar-refractivity contribution in [1.29, 1.82) is 0 Å². The molecule has 0 spiro atoms. The zero-order valence-corrected chi connectivity index (χ0v) is 20.8. The summed E-state index contributed by atoms with van der Waals surface area (Å²) >= 11 is 6.03. The van der Waals surface area contributed by atoms with E-state index in [2.05, 4.69) is 20.1 Å². The minimum Gasteiger partial charge on any atom is -0.356 e. The van der Waals surface area contributed by atoms with Gasteiger partial charge in [-0.15, -0.1) is 24.0 Å². The SMILES string of the molecule is CN=C(NCC1CCN(C2CC2)C1)N1CCN(C(=O)Cc2cccc(Cl)c2)CC1.I. The highest BCUT2D eigenvalue weighted by Gasteiger charge is 2.34. The molecule has 3 aliphatic rings. The van der Waals surface area contributed by atoms with Gasteiger partial charge in [-0.3, -0.25) is 9.79 Å². The molecule has 1 amide bonds. The topological polar surface area (TPSA) is 51.2 Å². The number of guanidine groups is 1. The molecule has 1 aliphatic carbocycles. The third-order valence-electron chi connectivity index (χ3n) is 6.32. The highest BCUT2D eigenvalue weighted by atomic mass is 127. The lowest BCUT2D eigenvalue weighted by Gasteiger charge is -2.36.